The van der Waals surface area contributed by atoms with E-state index in [1.165, 1.54) is 13.0 Å². The number of amides is 1. The molecule has 0 spiro atoms. The van der Waals surface area contributed by atoms with E-state index in [0.717, 1.165) is 13.2 Å². The van der Waals surface area contributed by atoms with Crippen molar-refractivity contribution in [1.29, 1.82) is 0 Å². The topological polar surface area (TPSA) is 75.6 Å². The van der Waals surface area contributed by atoms with Gasteiger partial charge in [-0.2, -0.15) is 0 Å². The minimum absolute atomic E-state index is 0.0781. The summed E-state index contributed by atoms with van der Waals surface area (Å²) in [5, 5.41) is 10.8. The van der Waals surface area contributed by atoms with Gasteiger partial charge in [0.1, 0.15) is 0 Å². The summed E-state index contributed by atoms with van der Waals surface area (Å²) < 4.78 is 31.4. The van der Waals surface area contributed by atoms with Gasteiger partial charge in [-0.15, -0.1) is 0 Å². The fourth-order valence-electron chi connectivity index (χ4n) is 1.37. The van der Waals surface area contributed by atoms with Gasteiger partial charge in [-0.1, -0.05) is 6.07 Å². The highest BCUT2D eigenvalue weighted by atomic mass is 19.2. The van der Waals surface area contributed by atoms with Crippen molar-refractivity contribution in [3.8, 4) is 0 Å². The Bertz CT molecular complexity index is 505. The van der Waals surface area contributed by atoms with Crippen LogP contribution in [0.3, 0.4) is 0 Å². The van der Waals surface area contributed by atoms with Crippen molar-refractivity contribution >= 4 is 11.9 Å². The van der Waals surface area contributed by atoms with E-state index in [1.54, 1.807) is 0 Å². The third kappa shape index (κ3) is 3.47. The van der Waals surface area contributed by atoms with E-state index in [1.807, 2.05) is 0 Å². The molecule has 0 saturated carbocycles. The molecule has 2 N–H and O–H groups in total. The second-order valence-electron chi connectivity index (χ2n) is 3.83. The highest BCUT2D eigenvalue weighted by molar-refractivity contribution is 5.94. The number of aliphatic carboxylic acids is 1. The monoisotopic (exact) mass is 273 g/mol. The standard InChI is InChI=1S/C12H13F2NO4/c1-6-3-4-7(10(14)9(6)13)11(16)15-5-8(19-2)12(17)18/h3-4,8H,5H2,1-2H3,(H,15,16)(H,17,18)/t8-/m0/s1. The maximum atomic E-state index is 13.5. The summed E-state index contributed by atoms with van der Waals surface area (Å²) in [5.74, 6) is -4.53. The third-order valence-corrected chi connectivity index (χ3v) is 2.53. The first kappa shape index (κ1) is 15.0. The van der Waals surface area contributed by atoms with Crippen LogP contribution in [0.25, 0.3) is 0 Å². The molecule has 104 valence electrons. The first-order valence-electron chi connectivity index (χ1n) is 5.36. The average molecular weight is 273 g/mol. The van der Waals surface area contributed by atoms with Crippen LogP contribution in [0, 0.1) is 18.6 Å². The van der Waals surface area contributed by atoms with Crippen LogP contribution in [0.2, 0.25) is 0 Å². The summed E-state index contributed by atoms with van der Waals surface area (Å²) >= 11 is 0. The number of carbonyl (C=O) groups is 2. The van der Waals surface area contributed by atoms with E-state index in [2.05, 4.69) is 10.1 Å². The van der Waals surface area contributed by atoms with Crippen molar-refractivity contribution in [3.05, 3.63) is 34.9 Å². The summed E-state index contributed by atoms with van der Waals surface area (Å²) in [4.78, 5) is 22.2. The lowest BCUT2D eigenvalue weighted by atomic mass is 10.1. The van der Waals surface area contributed by atoms with Crippen LogP contribution in [0.15, 0.2) is 12.1 Å². The van der Waals surface area contributed by atoms with Crippen LogP contribution in [0.4, 0.5) is 8.78 Å². The number of methoxy groups -OCH3 is 1. The summed E-state index contributed by atoms with van der Waals surface area (Å²) in [6.07, 6.45) is -1.25. The Morgan fingerprint density at radius 1 is 1.37 bits per heavy atom. The van der Waals surface area contributed by atoms with E-state index in [4.69, 9.17) is 5.11 Å². The van der Waals surface area contributed by atoms with Gasteiger partial charge in [0.05, 0.1) is 12.1 Å². The maximum absolute atomic E-state index is 13.5. The molecule has 1 aromatic rings. The largest absolute Gasteiger partial charge is 0.479 e. The highest BCUT2D eigenvalue weighted by Crippen LogP contribution is 2.15. The second kappa shape index (κ2) is 6.24. The Hall–Kier alpha value is -2.02. The lowest BCUT2D eigenvalue weighted by Crippen LogP contribution is -2.38. The maximum Gasteiger partial charge on any atom is 0.334 e. The molecule has 0 radical (unpaired) electrons. The lowest BCUT2D eigenvalue weighted by Gasteiger charge is -2.12. The minimum Gasteiger partial charge on any atom is -0.479 e. The van der Waals surface area contributed by atoms with Crippen LogP contribution < -0.4 is 5.32 Å². The van der Waals surface area contributed by atoms with Gasteiger partial charge in [-0.25, -0.2) is 13.6 Å². The predicted molar refractivity (Wildman–Crippen MR) is 61.9 cm³/mol. The van der Waals surface area contributed by atoms with Crippen molar-refractivity contribution < 1.29 is 28.2 Å². The van der Waals surface area contributed by atoms with Crippen LogP contribution in [-0.4, -0.2) is 36.7 Å². The highest BCUT2D eigenvalue weighted by Gasteiger charge is 2.20. The van der Waals surface area contributed by atoms with Crippen molar-refractivity contribution in [2.45, 2.75) is 13.0 Å². The van der Waals surface area contributed by atoms with Gasteiger partial charge in [0.2, 0.25) is 0 Å². The Balaban J connectivity index is 2.80. The summed E-state index contributed by atoms with van der Waals surface area (Å²) in [6, 6.07) is 2.39. The number of aryl methyl sites for hydroxylation is 1. The van der Waals surface area contributed by atoms with E-state index in [9.17, 15) is 18.4 Å². The smallest absolute Gasteiger partial charge is 0.334 e. The third-order valence-electron chi connectivity index (χ3n) is 2.53. The zero-order valence-electron chi connectivity index (χ0n) is 10.4. The molecule has 1 atom stereocenters. The number of halogens is 2. The van der Waals surface area contributed by atoms with Gasteiger partial charge in [0.15, 0.2) is 17.7 Å². The first-order valence-corrected chi connectivity index (χ1v) is 5.36. The Morgan fingerprint density at radius 2 is 2.00 bits per heavy atom. The molecule has 0 bridgehead atoms. The molecule has 1 aromatic carbocycles. The normalized spacial score (nSPS) is 12.0. The molecule has 19 heavy (non-hydrogen) atoms. The predicted octanol–water partition coefficient (Wildman–Crippen LogP) is 1.10. The van der Waals surface area contributed by atoms with Gasteiger partial charge in [-0.3, -0.25) is 4.79 Å². The molecule has 0 fully saturated rings. The zero-order valence-corrected chi connectivity index (χ0v) is 10.4. The zero-order chi connectivity index (χ0) is 14.6. The quantitative estimate of drug-likeness (QED) is 0.842. The number of carboxylic acids is 1. The fraction of sp³-hybridized carbons (Fsp3) is 0.333. The van der Waals surface area contributed by atoms with E-state index in [0.29, 0.717) is 0 Å². The molecule has 0 aliphatic carbocycles. The van der Waals surface area contributed by atoms with Crippen molar-refractivity contribution in [2.24, 2.45) is 0 Å². The molecule has 5 nitrogen and oxygen atoms in total. The lowest BCUT2D eigenvalue weighted by molar-refractivity contribution is -0.148. The molecule has 0 aliphatic rings. The Labute approximate surface area is 108 Å². The number of ether oxygens (including phenoxy) is 1. The van der Waals surface area contributed by atoms with Gasteiger partial charge in [-0.05, 0) is 18.6 Å². The fourth-order valence-corrected chi connectivity index (χ4v) is 1.37. The molecule has 0 aliphatic heterocycles. The molecule has 1 amide bonds. The van der Waals surface area contributed by atoms with E-state index >= 15 is 0 Å². The van der Waals surface area contributed by atoms with Crippen LogP contribution in [0.5, 0.6) is 0 Å². The number of carbonyl (C=O) groups excluding carboxylic acids is 1. The minimum atomic E-state index is -1.27. The number of benzene rings is 1. The van der Waals surface area contributed by atoms with Gasteiger partial charge < -0.3 is 15.2 Å². The van der Waals surface area contributed by atoms with Crippen molar-refractivity contribution in [3.63, 3.8) is 0 Å². The summed E-state index contributed by atoms with van der Waals surface area (Å²) in [7, 11) is 1.16. The van der Waals surface area contributed by atoms with Gasteiger partial charge in [0, 0.05) is 7.11 Å². The average Bonchev–Trinajstić information content (AvgIpc) is 2.36. The van der Waals surface area contributed by atoms with Crippen LogP contribution in [-0.2, 0) is 9.53 Å². The number of carboxylic acid groups (broad SMARTS) is 1. The van der Waals surface area contributed by atoms with Gasteiger partial charge in [0.25, 0.3) is 5.91 Å². The number of hydrogen-bond acceptors (Lipinski definition) is 3. The molecule has 1 rings (SSSR count). The van der Waals surface area contributed by atoms with Crippen molar-refractivity contribution in [1.82, 2.24) is 5.32 Å². The van der Waals surface area contributed by atoms with E-state index < -0.39 is 35.2 Å². The number of rotatable bonds is 5. The molecule has 0 saturated heterocycles. The Morgan fingerprint density at radius 3 is 2.53 bits per heavy atom. The Kier molecular flexibility index (Phi) is 4.94. The molecule has 7 heteroatoms. The SMILES string of the molecule is CO[C@@H](CNC(=O)c1ccc(C)c(F)c1F)C(=O)O. The second-order valence-corrected chi connectivity index (χ2v) is 3.83. The molecular weight excluding hydrogens is 260 g/mol. The number of hydrogen-bond donors (Lipinski definition) is 2. The van der Waals surface area contributed by atoms with Gasteiger partial charge >= 0.3 is 5.97 Å². The van der Waals surface area contributed by atoms with Crippen molar-refractivity contribution in [2.75, 3.05) is 13.7 Å². The van der Waals surface area contributed by atoms with Crippen LogP contribution in [0.1, 0.15) is 15.9 Å². The molecule has 0 heterocycles. The van der Waals surface area contributed by atoms with Crippen LogP contribution >= 0.6 is 0 Å². The van der Waals surface area contributed by atoms with E-state index in [-0.39, 0.29) is 12.1 Å². The summed E-state index contributed by atoms with van der Waals surface area (Å²) in [5.41, 5.74) is -0.405. The first-order chi connectivity index (χ1) is 8.88. The summed E-state index contributed by atoms with van der Waals surface area (Å²) in [6.45, 7) is 1.02. The number of nitrogens with one attached hydrogen (secondary N) is 1. The molecule has 0 aromatic heterocycles. The molecular formula is C12H13F2NO4. The molecule has 0 unspecified atom stereocenters.